The van der Waals surface area contributed by atoms with Gasteiger partial charge in [0.2, 0.25) is 5.91 Å². The molecule has 33 heavy (non-hydrogen) atoms. The van der Waals surface area contributed by atoms with Gasteiger partial charge in [0.25, 0.3) is 0 Å². The number of nitrogens with zero attached hydrogens (tertiary/aromatic N) is 4. The van der Waals surface area contributed by atoms with Crippen molar-refractivity contribution < 1.29 is 4.79 Å². The van der Waals surface area contributed by atoms with E-state index in [1.807, 2.05) is 31.6 Å². The molecule has 0 bridgehead atoms. The van der Waals surface area contributed by atoms with Crippen molar-refractivity contribution in [2.75, 3.05) is 54.9 Å². The Balaban J connectivity index is 1.21. The third-order valence-corrected chi connectivity index (χ3v) is 6.69. The molecule has 2 aromatic carbocycles. The fraction of sp³-hybridized carbons (Fsp3) is 0.308. The standard InChI is InChI=1S/C26H31N5OS/c1-21-4-3-5-25(20-21)33-29(2)15-12-26(32)28-22-6-8-23(9-7-22)30-16-18-31(19-17-30)24-10-13-27-14-11-24/h3-11,13-14,20H,12,15-19H2,1-2H3,(H,28,32). The van der Waals surface area contributed by atoms with Gasteiger partial charge in [-0.3, -0.25) is 9.78 Å². The van der Waals surface area contributed by atoms with Crippen molar-refractivity contribution in [3.63, 3.8) is 0 Å². The average Bonchev–Trinajstić information content (AvgIpc) is 2.84. The molecule has 6 nitrogen and oxygen atoms in total. The minimum absolute atomic E-state index is 0.0328. The minimum atomic E-state index is 0.0328. The average molecular weight is 462 g/mol. The van der Waals surface area contributed by atoms with Crippen LogP contribution in [0, 0.1) is 6.92 Å². The first-order valence-electron chi connectivity index (χ1n) is 11.3. The van der Waals surface area contributed by atoms with E-state index in [2.05, 4.69) is 79.9 Å². The smallest absolute Gasteiger partial charge is 0.225 e. The van der Waals surface area contributed by atoms with E-state index >= 15 is 0 Å². The van der Waals surface area contributed by atoms with Crippen LogP contribution in [0.2, 0.25) is 0 Å². The zero-order valence-electron chi connectivity index (χ0n) is 19.3. The van der Waals surface area contributed by atoms with E-state index in [4.69, 9.17) is 0 Å². The number of anilines is 3. The number of carbonyl (C=O) groups is 1. The van der Waals surface area contributed by atoms with Crippen molar-refractivity contribution in [1.82, 2.24) is 9.29 Å². The van der Waals surface area contributed by atoms with E-state index in [0.29, 0.717) is 13.0 Å². The number of aromatic nitrogens is 1. The summed E-state index contributed by atoms with van der Waals surface area (Å²) in [6.07, 6.45) is 4.14. The Morgan fingerprint density at radius 1 is 0.970 bits per heavy atom. The minimum Gasteiger partial charge on any atom is -0.368 e. The van der Waals surface area contributed by atoms with Crippen molar-refractivity contribution >= 4 is 34.9 Å². The van der Waals surface area contributed by atoms with E-state index in [0.717, 1.165) is 31.9 Å². The number of piperazine rings is 1. The summed E-state index contributed by atoms with van der Waals surface area (Å²) in [5.41, 5.74) is 4.50. The summed E-state index contributed by atoms with van der Waals surface area (Å²) in [5, 5.41) is 3.02. The molecule has 0 unspecified atom stereocenters. The summed E-state index contributed by atoms with van der Waals surface area (Å²) in [7, 11) is 2.02. The Bertz CT molecular complexity index is 1040. The second-order valence-corrected chi connectivity index (χ2v) is 9.56. The highest BCUT2D eigenvalue weighted by atomic mass is 32.2. The maximum Gasteiger partial charge on any atom is 0.225 e. The number of carbonyl (C=O) groups excluding carboxylic acids is 1. The van der Waals surface area contributed by atoms with Gasteiger partial charge in [-0.2, -0.15) is 0 Å². The van der Waals surface area contributed by atoms with Gasteiger partial charge in [-0.1, -0.05) is 12.1 Å². The molecule has 1 saturated heterocycles. The van der Waals surface area contributed by atoms with E-state index in [1.165, 1.54) is 21.8 Å². The summed E-state index contributed by atoms with van der Waals surface area (Å²) in [6, 6.07) is 20.7. The molecule has 0 saturated carbocycles. The van der Waals surface area contributed by atoms with Crippen molar-refractivity contribution in [3.8, 4) is 0 Å². The lowest BCUT2D eigenvalue weighted by Crippen LogP contribution is -2.46. The first-order chi connectivity index (χ1) is 16.1. The molecule has 0 radical (unpaired) electrons. The molecule has 1 amide bonds. The molecule has 1 N–H and O–H groups in total. The lowest BCUT2D eigenvalue weighted by molar-refractivity contribution is -0.116. The molecular formula is C26H31N5OS. The number of amides is 1. The van der Waals surface area contributed by atoms with Gasteiger partial charge in [-0.15, -0.1) is 0 Å². The van der Waals surface area contributed by atoms with Crippen LogP contribution < -0.4 is 15.1 Å². The molecule has 1 fully saturated rings. The van der Waals surface area contributed by atoms with E-state index in [1.54, 1.807) is 11.9 Å². The molecule has 0 aliphatic carbocycles. The predicted molar refractivity (Wildman–Crippen MR) is 138 cm³/mol. The lowest BCUT2D eigenvalue weighted by Gasteiger charge is -2.37. The van der Waals surface area contributed by atoms with Gasteiger partial charge in [-0.05, 0) is 80.0 Å². The summed E-state index contributed by atoms with van der Waals surface area (Å²) in [6.45, 7) is 6.68. The Morgan fingerprint density at radius 3 is 2.24 bits per heavy atom. The molecule has 0 spiro atoms. The quantitative estimate of drug-likeness (QED) is 0.492. The lowest BCUT2D eigenvalue weighted by atomic mass is 10.2. The highest BCUT2D eigenvalue weighted by Gasteiger charge is 2.17. The van der Waals surface area contributed by atoms with Gasteiger partial charge in [0.15, 0.2) is 0 Å². The third-order valence-electron chi connectivity index (χ3n) is 5.73. The number of hydrogen-bond acceptors (Lipinski definition) is 6. The SMILES string of the molecule is Cc1cccc(SN(C)CCC(=O)Nc2ccc(N3CCN(c4ccncc4)CC3)cc2)c1. The van der Waals surface area contributed by atoms with Gasteiger partial charge in [0.05, 0.1) is 0 Å². The van der Waals surface area contributed by atoms with Crippen molar-refractivity contribution in [2.45, 2.75) is 18.2 Å². The Kier molecular flexibility index (Phi) is 7.86. The van der Waals surface area contributed by atoms with Crippen molar-refractivity contribution in [3.05, 3.63) is 78.6 Å². The summed E-state index contributed by atoms with van der Waals surface area (Å²) in [5.74, 6) is 0.0328. The monoisotopic (exact) mass is 461 g/mol. The highest BCUT2D eigenvalue weighted by molar-refractivity contribution is 7.97. The van der Waals surface area contributed by atoms with Crippen LogP contribution in [-0.2, 0) is 4.79 Å². The first-order valence-corrected chi connectivity index (χ1v) is 12.1. The number of pyridine rings is 1. The number of hydrogen-bond donors (Lipinski definition) is 1. The van der Waals surface area contributed by atoms with Crippen LogP contribution in [0.4, 0.5) is 17.1 Å². The van der Waals surface area contributed by atoms with Crippen LogP contribution in [0.1, 0.15) is 12.0 Å². The van der Waals surface area contributed by atoms with Crippen LogP contribution >= 0.6 is 11.9 Å². The first kappa shape index (κ1) is 23.1. The maximum atomic E-state index is 12.4. The fourth-order valence-electron chi connectivity index (χ4n) is 3.91. The molecule has 3 aromatic rings. The predicted octanol–water partition coefficient (Wildman–Crippen LogP) is 4.68. The molecule has 172 valence electrons. The molecule has 4 rings (SSSR count). The molecule has 1 aromatic heterocycles. The molecular weight excluding hydrogens is 430 g/mol. The normalized spacial score (nSPS) is 13.9. The maximum absolute atomic E-state index is 12.4. The van der Waals surface area contributed by atoms with Crippen LogP contribution in [0.15, 0.2) is 78.0 Å². The van der Waals surface area contributed by atoms with Crippen LogP contribution in [0.25, 0.3) is 0 Å². The van der Waals surface area contributed by atoms with Crippen molar-refractivity contribution in [2.24, 2.45) is 0 Å². The molecule has 2 heterocycles. The number of nitrogens with one attached hydrogen (secondary N) is 1. The Labute approximate surface area is 200 Å². The van der Waals surface area contributed by atoms with Gasteiger partial charge >= 0.3 is 0 Å². The molecule has 1 aliphatic heterocycles. The fourth-order valence-corrected chi connectivity index (χ4v) is 4.83. The Hall–Kier alpha value is -3.03. The van der Waals surface area contributed by atoms with Crippen molar-refractivity contribution in [1.29, 1.82) is 0 Å². The van der Waals surface area contributed by atoms with Crippen LogP contribution in [0.5, 0.6) is 0 Å². The summed E-state index contributed by atoms with van der Waals surface area (Å²) >= 11 is 1.66. The zero-order valence-corrected chi connectivity index (χ0v) is 20.1. The molecule has 7 heteroatoms. The Morgan fingerprint density at radius 2 is 1.61 bits per heavy atom. The van der Waals surface area contributed by atoms with E-state index in [-0.39, 0.29) is 5.91 Å². The van der Waals surface area contributed by atoms with Gasteiger partial charge in [-0.25, -0.2) is 4.31 Å². The van der Waals surface area contributed by atoms with E-state index < -0.39 is 0 Å². The van der Waals surface area contributed by atoms with Crippen LogP contribution in [-0.4, -0.2) is 55.0 Å². The van der Waals surface area contributed by atoms with E-state index in [9.17, 15) is 4.79 Å². The number of aryl methyl sites for hydroxylation is 1. The zero-order chi connectivity index (χ0) is 23.0. The summed E-state index contributed by atoms with van der Waals surface area (Å²) in [4.78, 5) is 22.5. The number of rotatable bonds is 8. The van der Waals surface area contributed by atoms with Gasteiger partial charge in [0, 0.05) is 73.5 Å². The van der Waals surface area contributed by atoms with Crippen LogP contribution in [0.3, 0.4) is 0 Å². The molecule has 1 aliphatic rings. The van der Waals surface area contributed by atoms with Gasteiger partial charge < -0.3 is 15.1 Å². The summed E-state index contributed by atoms with van der Waals surface area (Å²) < 4.78 is 2.10. The van der Waals surface area contributed by atoms with Gasteiger partial charge in [0.1, 0.15) is 0 Å². The largest absolute Gasteiger partial charge is 0.368 e. The second-order valence-electron chi connectivity index (χ2n) is 8.28. The number of benzene rings is 2. The third kappa shape index (κ3) is 6.73. The second kappa shape index (κ2) is 11.2. The highest BCUT2D eigenvalue weighted by Crippen LogP contribution is 2.23. The molecule has 0 atom stereocenters. The topological polar surface area (TPSA) is 51.7 Å².